The zero-order chi connectivity index (χ0) is 14.5. The minimum Gasteiger partial charge on any atom is -0.596 e. The Balaban J connectivity index is 2.18. The molecule has 2 aliphatic heterocycles. The highest BCUT2D eigenvalue weighted by molar-refractivity contribution is 6.79. The van der Waals surface area contributed by atoms with E-state index in [9.17, 15) is 18.8 Å². The fourth-order valence-electron chi connectivity index (χ4n) is 2.97. The molecule has 3 rings (SSSR count). The van der Waals surface area contributed by atoms with Gasteiger partial charge in [-0.05, 0) is 11.5 Å². The molecule has 0 N–H and O–H groups in total. The molecule has 2 aliphatic rings. The van der Waals surface area contributed by atoms with Gasteiger partial charge in [-0.15, -0.1) is 0 Å². The number of halogens is 1. The fraction of sp³-hybridized carbons (Fsp3) is 0.250. The SMILES string of the molecule is C[N+]12CC(=O)O[B-]1(c1ccc(C=O)cc1F)OC(=O)C2. The molecule has 0 saturated carbocycles. The van der Waals surface area contributed by atoms with Crippen LogP contribution in [0.15, 0.2) is 18.2 Å². The van der Waals surface area contributed by atoms with Gasteiger partial charge in [-0.2, -0.15) is 0 Å². The van der Waals surface area contributed by atoms with Gasteiger partial charge in [0.1, 0.15) is 25.2 Å². The number of benzene rings is 1. The Morgan fingerprint density at radius 3 is 2.35 bits per heavy atom. The Bertz CT molecular complexity index is 627. The molecular formula is C12H11BFNO5. The Morgan fingerprint density at radius 1 is 1.25 bits per heavy atom. The van der Waals surface area contributed by atoms with Crippen molar-refractivity contribution in [3.05, 3.63) is 29.6 Å². The average molecular weight is 279 g/mol. The fourth-order valence-corrected chi connectivity index (χ4v) is 2.97. The van der Waals surface area contributed by atoms with Gasteiger partial charge >= 0.3 is 18.6 Å². The molecule has 0 bridgehead atoms. The molecule has 1 aromatic rings. The summed E-state index contributed by atoms with van der Waals surface area (Å²) in [7, 11) is 1.61. The summed E-state index contributed by atoms with van der Waals surface area (Å²) in [6, 6.07) is 3.75. The molecule has 0 aliphatic carbocycles. The zero-order valence-electron chi connectivity index (χ0n) is 10.7. The Labute approximate surface area is 113 Å². The van der Waals surface area contributed by atoms with Gasteiger partial charge in [-0.1, -0.05) is 12.1 Å². The lowest BCUT2D eigenvalue weighted by atomic mass is 9.60. The molecule has 0 unspecified atom stereocenters. The van der Waals surface area contributed by atoms with Crippen LogP contribution in [0.25, 0.3) is 0 Å². The van der Waals surface area contributed by atoms with E-state index >= 15 is 0 Å². The van der Waals surface area contributed by atoms with Gasteiger partial charge in [-0.3, -0.25) is 14.4 Å². The normalized spacial score (nSPS) is 31.7. The molecule has 8 heteroatoms. The summed E-state index contributed by atoms with van der Waals surface area (Å²) < 4.78 is 24.5. The first-order valence-electron chi connectivity index (χ1n) is 6.07. The molecular weight excluding hydrogens is 268 g/mol. The lowest BCUT2D eigenvalue weighted by molar-refractivity contribution is -0.791. The molecule has 2 saturated heterocycles. The summed E-state index contributed by atoms with van der Waals surface area (Å²) in [5.74, 6) is -1.82. The molecule has 6 nitrogen and oxygen atoms in total. The molecule has 0 spiro atoms. The molecule has 2 fully saturated rings. The van der Waals surface area contributed by atoms with Crippen molar-refractivity contribution in [3.8, 4) is 0 Å². The highest BCUT2D eigenvalue weighted by Crippen LogP contribution is 2.33. The van der Waals surface area contributed by atoms with E-state index < -0.39 is 24.4 Å². The minimum atomic E-state index is -2.59. The van der Waals surface area contributed by atoms with Crippen molar-refractivity contribution in [1.82, 2.24) is 0 Å². The van der Waals surface area contributed by atoms with Crippen LogP contribution in [-0.4, -0.2) is 49.4 Å². The second-order valence-electron chi connectivity index (χ2n) is 5.35. The van der Waals surface area contributed by atoms with Crippen LogP contribution in [0.1, 0.15) is 10.4 Å². The molecule has 0 aromatic heterocycles. The maximum absolute atomic E-state index is 14.2. The number of carbonyl (C=O) groups excluding carboxylic acids is 3. The predicted molar refractivity (Wildman–Crippen MR) is 65.3 cm³/mol. The third kappa shape index (κ3) is 1.51. The third-order valence-electron chi connectivity index (χ3n) is 3.94. The van der Waals surface area contributed by atoms with Gasteiger partial charge < -0.3 is 13.7 Å². The van der Waals surface area contributed by atoms with Crippen molar-refractivity contribution >= 4 is 30.4 Å². The highest BCUT2D eigenvalue weighted by atomic mass is 19.1. The van der Waals surface area contributed by atoms with E-state index in [1.54, 1.807) is 7.05 Å². The number of aldehydes is 1. The van der Waals surface area contributed by atoms with Crippen LogP contribution in [-0.2, 0) is 18.9 Å². The zero-order valence-corrected chi connectivity index (χ0v) is 10.7. The number of fused-ring (bicyclic) bond motifs is 1. The lowest BCUT2D eigenvalue weighted by Crippen LogP contribution is -2.68. The Hall–Kier alpha value is -2.22. The summed E-state index contributed by atoms with van der Waals surface area (Å²) in [6.07, 6.45) is 0.507. The number of likely N-dealkylation sites (N-methyl/N-ethyl adjacent to an activating group) is 1. The first-order valence-corrected chi connectivity index (χ1v) is 6.07. The van der Waals surface area contributed by atoms with Crippen molar-refractivity contribution in [2.24, 2.45) is 0 Å². The van der Waals surface area contributed by atoms with Crippen molar-refractivity contribution < 1.29 is 32.5 Å². The molecule has 0 amide bonds. The monoisotopic (exact) mass is 279 g/mol. The van der Waals surface area contributed by atoms with Crippen LogP contribution in [0.5, 0.6) is 0 Å². The van der Waals surface area contributed by atoms with Crippen molar-refractivity contribution in [2.75, 3.05) is 20.1 Å². The van der Waals surface area contributed by atoms with Gasteiger partial charge in [0.2, 0.25) is 0 Å². The number of hydrogen-bond donors (Lipinski definition) is 0. The molecule has 0 atom stereocenters. The standard InChI is InChI=1S/C12H11BFNO5/c1-15-5-11(17)19-13(15,20-12(18)6-15)9-3-2-8(7-16)4-10(9)14/h2-4,7H,5-6H2,1H3. The number of nitrogens with zero attached hydrogens (tertiary/aromatic N) is 1. The highest BCUT2D eigenvalue weighted by Gasteiger charge is 2.67. The van der Waals surface area contributed by atoms with Gasteiger partial charge in [0.15, 0.2) is 0 Å². The van der Waals surface area contributed by atoms with E-state index in [1.807, 2.05) is 0 Å². The van der Waals surface area contributed by atoms with E-state index in [0.29, 0.717) is 6.29 Å². The summed E-state index contributed by atoms with van der Waals surface area (Å²) in [5, 5.41) is 0. The second kappa shape index (κ2) is 3.89. The summed E-state index contributed by atoms with van der Waals surface area (Å²) in [5.41, 5.74) is 0.149. The van der Waals surface area contributed by atoms with E-state index in [2.05, 4.69) is 0 Å². The van der Waals surface area contributed by atoms with Gasteiger partial charge in [0, 0.05) is 12.6 Å². The van der Waals surface area contributed by atoms with Crippen LogP contribution in [0.3, 0.4) is 0 Å². The Kier molecular flexibility index (Phi) is 2.49. The van der Waals surface area contributed by atoms with Crippen LogP contribution < -0.4 is 5.46 Å². The topological polar surface area (TPSA) is 69.7 Å². The Morgan fingerprint density at radius 2 is 1.85 bits per heavy atom. The van der Waals surface area contributed by atoms with Crippen LogP contribution in [0.4, 0.5) is 4.39 Å². The van der Waals surface area contributed by atoms with Gasteiger partial charge in [0.25, 0.3) is 0 Å². The van der Waals surface area contributed by atoms with Crippen molar-refractivity contribution in [2.45, 2.75) is 0 Å². The summed E-state index contributed by atoms with van der Waals surface area (Å²) in [4.78, 5) is 33.8. The number of carbonyl (C=O) groups is 3. The third-order valence-corrected chi connectivity index (χ3v) is 3.94. The largest absolute Gasteiger partial charge is 0.617 e. The minimum absolute atomic E-state index is 0.00481. The number of rotatable bonds is 2. The van der Waals surface area contributed by atoms with Crippen LogP contribution in [0, 0.1) is 5.82 Å². The molecule has 0 radical (unpaired) electrons. The lowest BCUT2D eigenvalue weighted by Gasteiger charge is -2.40. The van der Waals surface area contributed by atoms with Crippen LogP contribution in [0.2, 0.25) is 0 Å². The van der Waals surface area contributed by atoms with Crippen molar-refractivity contribution in [3.63, 3.8) is 0 Å². The molecule has 2 heterocycles. The maximum atomic E-state index is 14.2. The molecule has 1 aromatic carbocycles. The second-order valence-corrected chi connectivity index (χ2v) is 5.35. The van der Waals surface area contributed by atoms with E-state index in [4.69, 9.17) is 9.31 Å². The molecule has 104 valence electrons. The smallest absolute Gasteiger partial charge is 0.596 e. The number of quaternary nitrogens is 1. The van der Waals surface area contributed by atoms with E-state index in [0.717, 1.165) is 6.07 Å². The number of hydrogen-bond acceptors (Lipinski definition) is 5. The quantitative estimate of drug-likeness (QED) is 0.531. The summed E-state index contributed by atoms with van der Waals surface area (Å²) in [6.45, 7) is -2.70. The summed E-state index contributed by atoms with van der Waals surface area (Å²) >= 11 is 0. The maximum Gasteiger partial charge on any atom is 0.617 e. The van der Waals surface area contributed by atoms with Crippen LogP contribution >= 0.6 is 0 Å². The average Bonchev–Trinajstić information content (AvgIpc) is 2.72. The first kappa shape index (κ1) is 12.8. The van der Waals surface area contributed by atoms with E-state index in [1.165, 1.54) is 12.1 Å². The van der Waals surface area contributed by atoms with Gasteiger partial charge in [-0.25, -0.2) is 4.39 Å². The first-order chi connectivity index (χ1) is 9.40. The van der Waals surface area contributed by atoms with E-state index in [-0.39, 0.29) is 28.5 Å². The van der Waals surface area contributed by atoms with Gasteiger partial charge in [0.05, 0.1) is 0 Å². The predicted octanol–water partition coefficient (Wildman–Crippen LogP) is -0.656. The molecule has 20 heavy (non-hydrogen) atoms. The van der Waals surface area contributed by atoms with Crippen molar-refractivity contribution in [1.29, 1.82) is 0 Å².